The van der Waals surface area contributed by atoms with Crippen LogP contribution in [0.3, 0.4) is 0 Å². The molecule has 1 aromatic rings. The third-order valence-corrected chi connectivity index (χ3v) is 3.74. The number of benzene rings is 1. The van der Waals surface area contributed by atoms with Gasteiger partial charge in [-0.3, -0.25) is 0 Å². The Morgan fingerprint density at radius 2 is 2.35 bits per heavy atom. The topological polar surface area (TPSA) is 35.8 Å². The molecule has 1 N–H and O–H groups in total. The van der Waals surface area contributed by atoms with Crippen LogP contribution in [0.2, 0.25) is 0 Å². The number of fused-ring (bicyclic) bond motifs is 1. The van der Waals surface area contributed by atoms with Crippen LogP contribution in [0.15, 0.2) is 18.2 Å². The second kappa shape index (κ2) is 5.33. The predicted molar refractivity (Wildman–Crippen MR) is 69.9 cm³/mol. The van der Waals surface area contributed by atoms with Crippen molar-refractivity contribution in [2.75, 3.05) is 0 Å². The summed E-state index contributed by atoms with van der Waals surface area (Å²) < 4.78 is 0. The lowest BCUT2D eigenvalue weighted by Gasteiger charge is -2.28. The van der Waals surface area contributed by atoms with Crippen molar-refractivity contribution in [2.45, 2.75) is 51.6 Å². The standard InChI is InChI=1S/C15H20N2/c1-3-11(2)17-14-8-7-12-5-4-6-13(10-16)15(12)9-14/h4-6,11,14,17H,3,7-9H2,1-2H3. The van der Waals surface area contributed by atoms with Gasteiger partial charge in [0.05, 0.1) is 11.6 Å². The van der Waals surface area contributed by atoms with E-state index in [1.54, 1.807) is 0 Å². The van der Waals surface area contributed by atoms with Crippen LogP contribution < -0.4 is 5.32 Å². The Bertz CT molecular complexity index is 431. The molecule has 1 aromatic carbocycles. The van der Waals surface area contributed by atoms with Gasteiger partial charge in [-0.2, -0.15) is 5.26 Å². The molecule has 2 rings (SSSR count). The van der Waals surface area contributed by atoms with Crippen LogP contribution in [0.4, 0.5) is 0 Å². The highest BCUT2D eigenvalue weighted by atomic mass is 14.9. The lowest BCUT2D eigenvalue weighted by Crippen LogP contribution is -2.40. The summed E-state index contributed by atoms with van der Waals surface area (Å²) in [4.78, 5) is 0. The first kappa shape index (κ1) is 12.1. The summed E-state index contributed by atoms with van der Waals surface area (Å²) in [6.07, 6.45) is 4.44. The molecule has 2 atom stereocenters. The van der Waals surface area contributed by atoms with Crippen LogP contribution >= 0.6 is 0 Å². The Kier molecular flexibility index (Phi) is 3.81. The molecule has 0 aromatic heterocycles. The number of nitriles is 1. The van der Waals surface area contributed by atoms with Crippen molar-refractivity contribution in [1.29, 1.82) is 5.26 Å². The van der Waals surface area contributed by atoms with Crippen LogP contribution in [0.25, 0.3) is 0 Å². The first-order valence-corrected chi connectivity index (χ1v) is 6.51. The first-order chi connectivity index (χ1) is 8.24. The highest BCUT2D eigenvalue weighted by molar-refractivity contribution is 5.44. The fraction of sp³-hybridized carbons (Fsp3) is 0.533. The summed E-state index contributed by atoms with van der Waals surface area (Å²) in [6, 6.07) is 9.51. The van der Waals surface area contributed by atoms with E-state index in [-0.39, 0.29) is 0 Å². The Balaban J connectivity index is 2.15. The number of hydrogen-bond donors (Lipinski definition) is 1. The minimum absolute atomic E-state index is 0.534. The molecule has 0 heterocycles. The van der Waals surface area contributed by atoms with Gasteiger partial charge in [-0.25, -0.2) is 0 Å². The molecule has 0 radical (unpaired) electrons. The predicted octanol–water partition coefficient (Wildman–Crippen LogP) is 2.80. The summed E-state index contributed by atoms with van der Waals surface area (Å²) >= 11 is 0. The minimum Gasteiger partial charge on any atom is -0.311 e. The monoisotopic (exact) mass is 228 g/mol. The molecule has 0 aliphatic heterocycles. The molecule has 17 heavy (non-hydrogen) atoms. The molecule has 0 bridgehead atoms. The van der Waals surface area contributed by atoms with Crippen LogP contribution in [0.5, 0.6) is 0 Å². The van der Waals surface area contributed by atoms with Gasteiger partial charge < -0.3 is 5.32 Å². The largest absolute Gasteiger partial charge is 0.311 e. The van der Waals surface area contributed by atoms with Crippen molar-refractivity contribution in [1.82, 2.24) is 5.32 Å². The molecule has 2 nitrogen and oxygen atoms in total. The van der Waals surface area contributed by atoms with E-state index in [9.17, 15) is 0 Å². The highest BCUT2D eigenvalue weighted by Crippen LogP contribution is 2.24. The zero-order valence-electron chi connectivity index (χ0n) is 10.7. The average molecular weight is 228 g/mol. The van der Waals surface area contributed by atoms with Gasteiger partial charge in [0.2, 0.25) is 0 Å². The molecule has 0 spiro atoms. The zero-order chi connectivity index (χ0) is 12.3. The molecule has 2 heteroatoms. The molecule has 0 saturated carbocycles. The van der Waals surface area contributed by atoms with Crippen molar-refractivity contribution >= 4 is 0 Å². The average Bonchev–Trinajstić information content (AvgIpc) is 2.37. The number of aryl methyl sites for hydroxylation is 1. The first-order valence-electron chi connectivity index (χ1n) is 6.51. The molecule has 0 amide bonds. The van der Waals surface area contributed by atoms with Crippen molar-refractivity contribution in [3.63, 3.8) is 0 Å². The maximum atomic E-state index is 9.14. The van der Waals surface area contributed by atoms with Crippen LogP contribution in [-0.4, -0.2) is 12.1 Å². The van der Waals surface area contributed by atoms with E-state index >= 15 is 0 Å². The summed E-state index contributed by atoms with van der Waals surface area (Å²) in [6.45, 7) is 4.43. The van der Waals surface area contributed by atoms with Gasteiger partial charge in [-0.15, -0.1) is 0 Å². The highest BCUT2D eigenvalue weighted by Gasteiger charge is 2.21. The molecular weight excluding hydrogens is 208 g/mol. The second-order valence-electron chi connectivity index (χ2n) is 4.97. The lowest BCUT2D eigenvalue weighted by molar-refractivity contribution is 0.401. The van der Waals surface area contributed by atoms with E-state index < -0.39 is 0 Å². The van der Waals surface area contributed by atoms with E-state index in [2.05, 4.69) is 31.3 Å². The van der Waals surface area contributed by atoms with Gasteiger partial charge in [0.25, 0.3) is 0 Å². The van der Waals surface area contributed by atoms with Crippen molar-refractivity contribution in [2.24, 2.45) is 0 Å². The van der Waals surface area contributed by atoms with Crippen molar-refractivity contribution in [3.05, 3.63) is 34.9 Å². The quantitative estimate of drug-likeness (QED) is 0.863. The molecule has 90 valence electrons. The summed E-state index contributed by atoms with van der Waals surface area (Å²) in [5, 5.41) is 12.8. The fourth-order valence-corrected chi connectivity index (χ4v) is 2.56. The molecule has 0 fully saturated rings. The summed E-state index contributed by atoms with van der Waals surface area (Å²) in [7, 11) is 0. The molecule has 0 saturated heterocycles. The van der Waals surface area contributed by atoms with Gasteiger partial charge in [0.1, 0.15) is 0 Å². The maximum Gasteiger partial charge on any atom is 0.0994 e. The summed E-state index contributed by atoms with van der Waals surface area (Å²) in [5.74, 6) is 0. The van der Waals surface area contributed by atoms with Crippen molar-refractivity contribution in [3.8, 4) is 6.07 Å². The lowest BCUT2D eigenvalue weighted by atomic mass is 9.85. The van der Waals surface area contributed by atoms with E-state index in [4.69, 9.17) is 5.26 Å². The van der Waals surface area contributed by atoms with Gasteiger partial charge in [-0.1, -0.05) is 19.1 Å². The number of nitrogens with one attached hydrogen (secondary N) is 1. The Hall–Kier alpha value is -1.33. The smallest absolute Gasteiger partial charge is 0.0994 e. The number of hydrogen-bond acceptors (Lipinski definition) is 2. The Labute approximate surface area is 104 Å². The summed E-state index contributed by atoms with van der Waals surface area (Å²) in [5.41, 5.74) is 3.49. The molecule has 1 aliphatic rings. The molecular formula is C15H20N2. The number of nitrogens with zero attached hydrogens (tertiary/aromatic N) is 1. The zero-order valence-corrected chi connectivity index (χ0v) is 10.7. The Morgan fingerprint density at radius 3 is 3.06 bits per heavy atom. The second-order valence-corrected chi connectivity index (χ2v) is 4.97. The molecule has 1 aliphatic carbocycles. The number of rotatable bonds is 3. The van der Waals surface area contributed by atoms with Gasteiger partial charge in [0.15, 0.2) is 0 Å². The van der Waals surface area contributed by atoms with Crippen LogP contribution in [0, 0.1) is 11.3 Å². The minimum atomic E-state index is 0.534. The van der Waals surface area contributed by atoms with E-state index in [1.165, 1.54) is 17.5 Å². The van der Waals surface area contributed by atoms with E-state index in [0.717, 1.165) is 24.8 Å². The van der Waals surface area contributed by atoms with Crippen LogP contribution in [0.1, 0.15) is 43.4 Å². The molecule has 2 unspecified atom stereocenters. The van der Waals surface area contributed by atoms with Crippen LogP contribution in [-0.2, 0) is 12.8 Å². The third-order valence-electron chi connectivity index (χ3n) is 3.74. The SMILES string of the molecule is CCC(C)NC1CCc2cccc(C#N)c2C1. The Morgan fingerprint density at radius 1 is 1.53 bits per heavy atom. The third kappa shape index (κ3) is 2.68. The normalized spacial score (nSPS) is 20.4. The van der Waals surface area contributed by atoms with E-state index in [1.807, 2.05) is 12.1 Å². The van der Waals surface area contributed by atoms with Crippen molar-refractivity contribution < 1.29 is 0 Å². The van der Waals surface area contributed by atoms with Gasteiger partial charge >= 0.3 is 0 Å². The maximum absolute atomic E-state index is 9.14. The van der Waals surface area contributed by atoms with Gasteiger partial charge in [-0.05, 0) is 49.8 Å². The van der Waals surface area contributed by atoms with Gasteiger partial charge in [0, 0.05) is 12.1 Å². The fourth-order valence-electron chi connectivity index (χ4n) is 2.56. The van der Waals surface area contributed by atoms with E-state index in [0.29, 0.717) is 12.1 Å².